The highest BCUT2D eigenvalue weighted by Gasteiger charge is 2.13. The number of hydrogen-bond acceptors (Lipinski definition) is 2. The number of benzene rings is 2. The van der Waals surface area contributed by atoms with Gasteiger partial charge in [-0.15, -0.1) is 22.9 Å². The van der Waals surface area contributed by atoms with Gasteiger partial charge in [-0.2, -0.15) is 0 Å². The summed E-state index contributed by atoms with van der Waals surface area (Å²) in [7, 11) is 0. The zero-order valence-corrected chi connectivity index (χ0v) is 12.1. The van der Waals surface area contributed by atoms with E-state index in [1.807, 2.05) is 30.3 Å². The van der Waals surface area contributed by atoms with Crippen molar-refractivity contribution in [2.24, 2.45) is 0 Å². The SMILES string of the molecule is Fc1ccc(-c2nc(-c3ccccc3)sc2CCl)cc1. The average Bonchev–Trinajstić information content (AvgIpc) is 2.93. The van der Waals surface area contributed by atoms with E-state index in [4.69, 9.17) is 11.6 Å². The summed E-state index contributed by atoms with van der Waals surface area (Å²) >= 11 is 7.59. The molecule has 4 heteroatoms. The Morgan fingerprint density at radius 2 is 1.65 bits per heavy atom. The van der Waals surface area contributed by atoms with Crippen molar-refractivity contribution in [1.82, 2.24) is 4.98 Å². The van der Waals surface area contributed by atoms with Crippen molar-refractivity contribution in [3.05, 3.63) is 65.3 Å². The van der Waals surface area contributed by atoms with Crippen LogP contribution in [0, 0.1) is 5.82 Å². The zero-order valence-electron chi connectivity index (χ0n) is 10.5. The molecule has 0 bridgehead atoms. The smallest absolute Gasteiger partial charge is 0.124 e. The molecule has 0 saturated carbocycles. The van der Waals surface area contributed by atoms with E-state index < -0.39 is 0 Å². The maximum absolute atomic E-state index is 13.0. The van der Waals surface area contributed by atoms with Crippen LogP contribution < -0.4 is 0 Å². The van der Waals surface area contributed by atoms with Gasteiger partial charge in [0.05, 0.1) is 11.6 Å². The lowest BCUT2D eigenvalue weighted by atomic mass is 10.1. The van der Waals surface area contributed by atoms with Crippen LogP contribution in [0.15, 0.2) is 54.6 Å². The lowest BCUT2D eigenvalue weighted by Gasteiger charge is -1.99. The Labute approximate surface area is 125 Å². The highest BCUT2D eigenvalue weighted by Crippen LogP contribution is 2.34. The summed E-state index contributed by atoms with van der Waals surface area (Å²) in [5.41, 5.74) is 2.79. The molecule has 0 radical (unpaired) electrons. The van der Waals surface area contributed by atoms with Crippen molar-refractivity contribution >= 4 is 22.9 Å². The van der Waals surface area contributed by atoms with E-state index in [1.165, 1.54) is 12.1 Å². The quantitative estimate of drug-likeness (QED) is 0.594. The van der Waals surface area contributed by atoms with E-state index in [0.29, 0.717) is 5.88 Å². The van der Waals surface area contributed by atoms with Crippen molar-refractivity contribution in [1.29, 1.82) is 0 Å². The van der Waals surface area contributed by atoms with Crippen LogP contribution in [0.25, 0.3) is 21.8 Å². The van der Waals surface area contributed by atoms with Crippen LogP contribution in [0.1, 0.15) is 4.88 Å². The first-order valence-electron chi connectivity index (χ1n) is 6.15. The van der Waals surface area contributed by atoms with Gasteiger partial charge in [0.15, 0.2) is 0 Å². The third-order valence-corrected chi connectivity index (χ3v) is 4.49. The molecule has 0 saturated heterocycles. The third kappa shape index (κ3) is 2.60. The van der Waals surface area contributed by atoms with Crippen LogP contribution in [0.4, 0.5) is 4.39 Å². The van der Waals surface area contributed by atoms with Crippen molar-refractivity contribution in [3.8, 4) is 21.8 Å². The van der Waals surface area contributed by atoms with Crippen LogP contribution in [-0.2, 0) is 5.88 Å². The molecule has 1 aromatic heterocycles. The van der Waals surface area contributed by atoms with E-state index in [2.05, 4.69) is 4.98 Å². The fraction of sp³-hybridized carbons (Fsp3) is 0.0625. The predicted octanol–water partition coefficient (Wildman–Crippen LogP) is 5.36. The normalized spacial score (nSPS) is 10.7. The fourth-order valence-electron chi connectivity index (χ4n) is 1.98. The second-order valence-corrected chi connectivity index (χ2v) is 5.65. The van der Waals surface area contributed by atoms with Crippen molar-refractivity contribution in [3.63, 3.8) is 0 Å². The molecule has 0 amide bonds. The Kier molecular flexibility index (Phi) is 3.81. The summed E-state index contributed by atoms with van der Waals surface area (Å²) < 4.78 is 13.0. The second kappa shape index (κ2) is 5.73. The molecule has 0 N–H and O–H groups in total. The summed E-state index contributed by atoms with van der Waals surface area (Å²) in [5.74, 6) is 0.150. The van der Waals surface area contributed by atoms with Crippen LogP contribution >= 0.6 is 22.9 Å². The number of alkyl halides is 1. The van der Waals surface area contributed by atoms with Crippen LogP contribution in [0.5, 0.6) is 0 Å². The lowest BCUT2D eigenvalue weighted by Crippen LogP contribution is -1.83. The van der Waals surface area contributed by atoms with E-state index in [0.717, 1.165) is 26.7 Å². The molecule has 0 aliphatic carbocycles. The van der Waals surface area contributed by atoms with Crippen LogP contribution in [-0.4, -0.2) is 4.98 Å². The Balaban J connectivity index is 2.07. The first-order chi connectivity index (χ1) is 9.78. The van der Waals surface area contributed by atoms with Gasteiger partial charge < -0.3 is 0 Å². The van der Waals surface area contributed by atoms with Gasteiger partial charge in [-0.3, -0.25) is 0 Å². The van der Waals surface area contributed by atoms with E-state index >= 15 is 0 Å². The van der Waals surface area contributed by atoms with Gasteiger partial charge in [-0.25, -0.2) is 9.37 Å². The maximum atomic E-state index is 13.0. The van der Waals surface area contributed by atoms with Gasteiger partial charge in [0.25, 0.3) is 0 Å². The highest BCUT2D eigenvalue weighted by molar-refractivity contribution is 7.15. The Hall–Kier alpha value is -1.71. The molecule has 0 atom stereocenters. The van der Waals surface area contributed by atoms with Crippen LogP contribution in [0.3, 0.4) is 0 Å². The topological polar surface area (TPSA) is 12.9 Å². The summed E-state index contributed by atoms with van der Waals surface area (Å²) in [6.45, 7) is 0. The van der Waals surface area contributed by atoms with Gasteiger partial charge in [0, 0.05) is 16.0 Å². The Morgan fingerprint density at radius 3 is 2.30 bits per heavy atom. The van der Waals surface area contributed by atoms with E-state index in [9.17, 15) is 4.39 Å². The average molecular weight is 304 g/mol. The molecule has 0 aliphatic heterocycles. The van der Waals surface area contributed by atoms with Gasteiger partial charge >= 0.3 is 0 Å². The number of halogens is 2. The number of hydrogen-bond donors (Lipinski definition) is 0. The highest BCUT2D eigenvalue weighted by atomic mass is 35.5. The molecule has 0 aliphatic rings. The lowest BCUT2D eigenvalue weighted by molar-refractivity contribution is 0.628. The number of nitrogens with zero attached hydrogens (tertiary/aromatic N) is 1. The van der Waals surface area contributed by atoms with Crippen molar-refractivity contribution in [2.75, 3.05) is 0 Å². The Bertz CT molecular complexity index is 707. The molecule has 100 valence electrons. The van der Waals surface area contributed by atoms with Crippen molar-refractivity contribution in [2.45, 2.75) is 5.88 Å². The van der Waals surface area contributed by atoms with Crippen molar-refractivity contribution < 1.29 is 4.39 Å². The Morgan fingerprint density at radius 1 is 0.950 bits per heavy atom. The molecular weight excluding hydrogens is 293 g/mol. The molecule has 3 aromatic rings. The molecule has 2 aromatic carbocycles. The van der Waals surface area contributed by atoms with E-state index in [-0.39, 0.29) is 5.82 Å². The summed E-state index contributed by atoms with van der Waals surface area (Å²) in [4.78, 5) is 5.66. The molecule has 0 spiro atoms. The minimum Gasteiger partial charge on any atom is -0.236 e. The van der Waals surface area contributed by atoms with E-state index in [1.54, 1.807) is 23.5 Å². The predicted molar refractivity (Wildman–Crippen MR) is 82.5 cm³/mol. The standard InChI is InChI=1S/C16H11ClFNS/c17-10-14-15(11-6-8-13(18)9-7-11)19-16(20-14)12-4-2-1-3-5-12/h1-9H,10H2. The molecule has 0 fully saturated rings. The van der Waals surface area contributed by atoms with Crippen LogP contribution in [0.2, 0.25) is 0 Å². The fourth-order valence-corrected chi connectivity index (χ4v) is 3.21. The monoisotopic (exact) mass is 303 g/mol. The van der Waals surface area contributed by atoms with Gasteiger partial charge in [-0.1, -0.05) is 30.3 Å². The first kappa shape index (κ1) is 13.3. The third-order valence-electron chi connectivity index (χ3n) is 2.96. The first-order valence-corrected chi connectivity index (χ1v) is 7.50. The van der Waals surface area contributed by atoms with Gasteiger partial charge in [0.2, 0.25) is 0 Å². The summed E-state index contributed by atoms with van der Waals surface area (Å²) in [5, 5.41) is 0.931. The zero-order chi connectivity index (χ0) is 13.9. The molecule has 20 heavy (non-hydrogen) atoms. The minimum absolute atomic E-state index is 0.250. The summed E-state index contributed by atoms with van der Waals surface area (Å²) in [6, 6.07) is 16.3. The number of thiazole rings is 1. The maximum Gasteiger partial charge on any atom is 0.124 e. The van der Waals surface area contributed by atoms with Gasteiger partial charge in [0.1, 0.15) is 10.8 Å². The van der Waals surface area contributed by atoms with Gasteiger partial charge in [-0.05, 0) is 24.3 Å². The summed E-state index contributed by atoms with van der Waals surface area (Å²) in [6.07, 6.45) is 0. The minimum atomic E-state index is -0.250. The number of aromatic nitrogens is 1. The molecule has 3 rings (SSSR count). The largest absolute Gasteiger partial charge is 0.236 e. The molecule has 0 unspecified atom stereocenters. The number of rotatable bonds is 3. The second-order valence-electron chi connectivity index (χ2n) is 4.30. The molecular formula is C16H11ClFNS. The molecule has 1 nitrogen and oxygen atoms in total. The molecule has 1 heterocycles.